The number of aliphatic hydroxyl groups is 1. The van der Waals surface area contributed by atoms with Crippen LogP contribution in [-0.4, -0.2) is 35.9 Å². The monoisotopic (exact) mass is 271 g/mol. The first-order valence-corrected chi connectivity index (χ1v) is 7.58. The third-order valence-electron chi connectivity index (χ3n) is 3.61. The van der Waals surface area contributed by atoms with Crippen molar-refractivity contribution in [1.82, 2.24) is 5.32 Å². The van der Waals surface area contributed by atoms with Crippen LogP contribution in [0.2, 0.25) is 0 Å². The van der Waals surface area contributed by atoms with Gasteiger partial charge >= 0.3 is 0 Å². The number of carbonyl (C=O) groups is 1. The molecule has 1 fully saturated rings. The van der Waals surface area contributed by atoms with Crippen molar-refractivity contribution in [2.45, 2.75) is 77.5 Å². The van der Waals surface area contributed by atoms with Crippen LogP contribution in [0, 0.1) is 5.92 Å². The van der Waals surface area contributed by atoms with Gasteiger partial charge in [-0.15, -0.1) is 0 Å². The molecule has 4 nitrogen and oxygen atoms in total. The van der Waals surface area contributed by atoms with Crippen molar-refractivity contribution in [1.29, 1.82) is 0 Å². The molecule has 0 aromatic rings. The summed E-state index contributed by atoms with van der Waals surface area (Å²) in [5.41, 5.74) is 0. The van der Waals surface area contributed by atoms with Crippen LogP contribution in [0.5, 0.6) is 0 Å². The second kappa shape index (κ2) is 8.54. The van der Waals surface area contributed by atoms with Gasteiger partial charge in [0.05, 0.1) is 24.9 Å². The Labute approximate surface area is 116 Å². The number of nitrogens with one attached hydrogen (secondary N) is 1. The molecule has 1 rings (SSSR count). The summed E-state index contributed by atoms with van der Waals surface area (Å²) >= 11 is 0. The summed E-state index contributed by atoms with van der Waals surface area (Å²) in [6.07, 6.45) is 5.05. The summed E-state index contributed by atoms with van der Waals surface area (Å²) in [4.78, 5) is 11.8. The predicted octanol–water partition coefficient (Wildman–Crippen LogP) is 2.25. The standard InChI is InChI=1S/C15H29NO3/c1-11(2)10-12(3)19-9-8-15(18)16-13-6-4-5-7-14(13)17/h11-14,17H,4-10H2,1-3H3,(H,16,18). The second-order valence-electron chi connectivity index (χ2n) is 6.09. The van der Waals surface area contributed by atoms with Crippen LogP contribution in [0.1, 0.15) is 59.3 Å². The Balaban J connectivity index is 2.13. The minimum absolute atomic E-state index is 0.0114. The minimum atomic E-state index is -0.376. The van der Waals surface area contributed by atoms with Gasteiger partial charge in [-0.1, -0.05) is 26.7 Å². The van der Waals surface area contributed by atoms with Crippen molar-refractivity contribution in [3.05, 3.63) is 0 Å². The van der Waals surface area contributed by atoms with E-state index in [1.54, 1.807) is 0 Å². The van der Waals surface area contributed by atoms with Crippen LogP contribution in [0.15, 0.2) is 0 Å². The highest BCUT2D eigenvalue weighted by Gasteiger charge is 2.24. The van der Waals surface area contributed by atoms with Crippen molar-refractivity contribution in [3.8, 4) is 0 Å². The zero-order valence-electron chi connectivity index (χ0n) is 12.5. The van der Waals surface area contributed by atoms with Crippen LogP contribution < -0.4 is 5.32 Å². The molecule has 1 saturated carbocycles. The summed E-state index contributed by atoms with van der Waals surface area (Å²) in [5, 5.41) is 12.7. The molecule has 4 heteroatoms. The molecule has 3 atom stereocenters. The molecule has 19 heavy (non-hydrogen) atoms. The van der Waals surface area contributed by atoms with Gasteiger partial charge in [0.1, 0.15) is 0 Å². The van der Waals surface area contributed by atoms with Crippen LogP contribution in [0.4, 0.5) is 0 Å². The first kappa shape index (κ1) is 16.4. The molecular formula is C15H29NO3. The zero-order valence-corrected chi connectivity index (χ0v) is 12.5. The number of ether oxygens (including phenoxy) is 1. The first-order chi connectivity index (χ1) is 8.99. The number of amides is 1. The summed E-state index contributed by atoms with van der Waals surface area (Å²) in [7, 11) is 0. The predicted molar refractivity (Wildman–Crippen MR) is 75.9 cm³/mol. The minimum Gasteiger partial charge on any atom is -0.391 e. The average Bonchev–Trinajstić information content (AvgIpc) is 2.31. The third kappa shape index (κ3) is 6.92. The maximum Gasteiger partial charge on any atom is 0.222 e. The van der Waals surface area contributed by atoms with E-state index in [1.807, 2.05) is 6.92 Å². The normalized spacial score (nSPS) is 25.3. The Morgan fingerprint density at radius 3 is 2.63 bits per heavy atom. The maximum absolute atomic E-state index is 11.8. The van der Waals surface area contributed by atoms with Gasteiger partial charge in [-0.2, -0.15) is 0 Å². The Morgan fingerprint density at radius 2 is 2.00 bits per heavy atom. The lowest BCUT2D eigenvalue weighted by atomic mass is 9.92. The number of rotatable bonds is 7. The van der Waals surface area contributed by atoms with Crippen LogP contribution in [0.3, 0.4) is 0 Å². The Hall–Kier alpha value is -0.610. The smallest absolute Gasteiger partial charge is 0.222 e. The highest BCUT2D eigenvalue weighted by Crippen LogP contribution is 2.18. The van der Waals surface area contributed by atoms with E-state index in [2.05, 4.69) is 19.2 Å². The number of hydrogen-bond donors (Lipinski definition) is 2. The molecule has 1 aliphatic rings. The number of hydrogen-bond acceptors (Lipinski definition) is 3. The van der Waals surface area contributed by atoms with E-state index >= 15 is 0 Å². The van der Waals surface area contributed by atoms with E-state index in [9.17, 15) is 9.90 Å². The molecule has 1 amide bonds. The van der Waals surface area contributed by atoms with Crippen LogP contribution >= 0.6 is 0 Å². The van der Waals surface area contributed by atoms with E-state index < -0.39 is 0 Å². The fourth-order valence-corrected chi connectivity index (χ4v) is 2.64. The third-order valence-corrected chi connectivity index (χ3v) is 3.61. The Morgan fingerprint density at radius 1 is 1.32 bits per heavy atom. The Kier molecular flexibility index (Phi) is 7.39. The fourth-order valence-electron chi connectivity index (χ4n) is 2.64. The van der Waals surface area contributed by atoms with Gasteiger partial charge in [0.2, 0.25) is 5.91 Å². The summed E-state index contributed by atoms with van der Waals surface area (Å²) in [6.45, 7) is 6.83. The highest BCUT2D eigenvalue weighted by atomic mass is 16.5. The molecule has 0 spiro atoms. The molecule has 3 unspecified atom stereocenters. The molecule has 0 bridgehead atoms. The molecule has 0 radical (unpaired) electrons. The van der Waals surface area contributed by atoms with Gasteiger partial charge < -0.3 is 15.2 Å². The van der Waals surface area contributed by atoms with Gasteiger partial charge in [-0.05, 0) is 32.1 Å². The van der Waals surface area contributed by atoms with Crippen molar-refractivity contribution in [3.63, 3.8) is 0 Å². The number of carbonyl (C=O) groups excluding carboxylic acids is 1. The molecule has 112 valence electrons. The molecule has 0 aromatic heterocycles. The van der Waals surface area contributed by atoms with E-state index in [0.29, 0.717) is 18.9 Å². The van der Waals surface area contributed by atoms with E-state index in [4.69, 9.17) is 4.74 Å². The van der Waals surface area contributed by atoms with Crippen LogP contribution in [-0.2, 0) is 9.53 Å². The SMILES string of the molecule is CC(C)CC(C)OCCC(=O)NC1CCCCC1O. The van der Waals surface area contributed by atoms with Crippen LogP contribution in [0.25, 0.3) is 0 Å². The van der Waals surface area contributed by atoms with Gasteiger partial charge in [0.15, 0.2) is 0 Å². The quantitative estimate of drug-likeness (QED) is 0.746. The van der Waals surface area contributed by atoms with E-state index in [0.717, 1.165) is 32.1 Å². The number of aliphatic hydroxyl groups excluding tert-OH is 1. The first-order valence-electron chi connectivity index (χ1n) is 7.58. The molecule has 1 aliphatic carbocycles. The molecule has 0 heterocycles. The molecule has 2 N–H and O–H groups in total. The maximum atomic E-state index is 11.8. The molecule has 0 aliphatic heterocycles. The molecule has 0 aromatic carbocycles. The molecule has 0 saturated heterocycles. The fraction of sp³-hybridized carbons (Fsp3) is 0.933. The second-order valence-corrected chi connectivity index (χ2v) is 6.09. The van der Waals surface area contributed by atoms with E-state index in [1.165, 1.54) is 0 Å². The summed E-state index contributed by atoms with van der Waals surface area (Å²) in [5.74, 6) is 0.601. The molecular weight excluding hydrogens is 242 g/mol. The largest absolute Gasteiger partial charge is 0.391 e. The van der Waals surface area contributed by atoms with Gasteiger partial charge in [0.25, 0.3) is 0 Å². The topological polar surface area (TPSA) is 58.6 Å². The lowest BCUT2D eigenvalue weighted by Gasteiger charge is -2.28. The van der Waals surface area contributed by atoms with Crippen molar-refractivity contribution < 1.29 is 14.6 Å². The highest BCUT2D eigenvalue weighted by molar-refractivity contribution is 5.76. The zero-order chi connectivity index (χ0) is 14.3. The van der Waals surface area contributed by atoms with E-state index in [-0.39, 0.29) is 24.2 Å². The lowest BCUT2D eigenvalue weighted by Crippen LogP contribution is -2.45. The van der Waals surface area contributed by atoms with Gasteiger partial charge in [-0.25, -0.2) is 0 Å². The average molecular weight is 271 g/mol. The van der Waals surface area contributed by atoms with Gasteiger partial charge in [0, 0.05) is 6.42 Å². The van der Waals surface area contributed by atoms with Gasteiger partial charge in [-0.3, -0.25) is 4.79 Å². The van der Waals surface area contributed by atoms with Crippen molar-refractivity contribution in [2.24, 2.45) is 5.92 Å². The summed E-state index contributed by atoms with van der Waals surface area (Å²) < 4.78 is 5.62. The summed E-state index contributed by atoms with van der Waals surface area (Å²) in [6, 6.07) is -0.0608. The van der Waals surface area contributed by atoms with Crippen molar-refractivity contribution in [2.75, 3.05) is 6.61 Å². The van der Waals surface area contributed by atoms with Crippen molar-refractivity contribution >= 4 is 5.91 Å². The Bertz CT molecular complexity index is 268. The lowest BCUT2D eigenvalue weighted by molar-refractivity contribution is -0.124.